The number of rotatable bonds is 18. The predicted octanol–water partition coefficient (Wildman–Crippen LogP) is 3.25. The number of nitrogens with zero attached hydrogens (tertiary/aromatic N) is 6. The monoisotopic (exact) mass is 1190 g/mol. The average Bonchev–Trinajstić information content (AvgIpc) is 4.14. The van der Waals surface area contributed by atoms with Gasteiger partial charge in [-0.05, 0) is 83.9 Å². The van der Waals surface area contributed by atoms with E-state index in [1.54, 1.807) is 54.8 Å². The summed E-state index contributed by atoms with van der Waals surface area (Å²) in [6.07, 6.45) is 1.36. The van der Waals surface area contributed by atoms with Crippen LogP contribution in [-0.4, -0.2) is 127 Å². The summed E-state index contributed by atoms with van der Waals surface area (Å²) in [5.74, 6) is -1.67. The zero-order valence-electron chi connectivity index (χ0n) is 37.8. The van der Waals surface area contributed by atoms with Crippen LogP contribution in [0, 0.1) is 11.8 Å². The van der Waals surface area contributed by atoms with Crippen molar-refractivity contribution < 1.29 is 60.3 Å². The number of nitrogens with one attached hydrogen (secondary N) is 2. The number of nitrogens with two attached hydrogens (primary N) is 2. The first-order chi connectivity index (χ1) is 34.4. The second kappa shape index (κ2) is 23.5. The van der Waals surface area contributed by atoms with Crippen molar-refractivity contribution in [2.75, 3.05) is 23.8 Å². The van der Waals surface area contributed by atoms with Gasteiger partial charge in [0.05, 0.1) is 68.1 Å². The third-order valence-corrected chi connectivity index (χ3v) is 15.7. The van der Waals surface area contributed by atoms with Gasteiger partial charge >= 0.3 is 20.6 Å². The lowest BCUT2D eigenvalue weighted by atomic mass is 9.94. The molecular formula is C43H45BrCl2N10O13S4. The summed E-state index contributed by atoms with van der Waals surface area (Å²) in [6, 6.07) is 12.0. The summed E-state index contributed by atoms with van der Waals surface area (Å²) in [7, 11) is -8.33. The number of carbonyl (C=O) groups excluding carboxylic acids is 2. The Hall–Kier alpha value is -4.60. The minimum absolute atomic E-state index is 0.113. The number of halogens is 3. The highest BCUT2D eigenvalue weighted by Crippen LogP contribution is 2.38. The molecule has 30 heteroatoms. The largest absolute Gasteiger partial charge is 0.393 e. The number of hydrogen-bond acceptors (Lipinski definition) is 23. The molecule has 6 aromatic heterocycles. The number of aliphatic hydroxyl groups is 5. The maximum absolute atomic E-state index is 13.4. The van der Waals surface area contributed by atoms with E-state index in [2.05, 4.69) is 64.8 Å². The molecule has 2 aliphatic carbocycles. The van der Waals surface area contributed by atoms with Crippen LogP contribution in [0.25, 0.3) is 0 Å². The van der Waals surface area contributed by atoms with Gasteiger partial charge in [0.25, 0.3) is 0 Å². The van der Waals surface area contributed by atoms with E-state index in [9.17, 15) is 52.0 Å². The molecule has 2 aliphatic rings. The van der Waals surface area contributed by atoms with Crippen molar-refractivity contribution in [2.45, 2.75) is 68.3 Å². The Labute approximate surface area is 443 Å². The smallest absolute Gasteiger partial charge is 0.333 e. The first-order valence-electron chi connectivity index (χ1n) is 21.5. The molecule has 9 atom stereocenters. The predicted molar refractivity (Wildman–Crippen MR) is 270 cm³/mol. The minimum Gasteiger partial charge on any atom is -0.393 e. The number of aromatic nitrogens is 6. The van der Waals surface area contributed by atoms with Crippen molar-refractivity contribution in [1.29, 1.82) is 0 Å². The Balaban J connectivity index is 0.000000214. The molecule has 0 saturated heterocycles. The number of pyridine rings is 2. The number of hydrogen-bond donors (Lipinski definition) is 9. The zero-order valence-corrected chi connectivity index (χ0v) is 44.1. The lowest BCUT2D eigenvalue weighted by Gasteiger charge is -2.21. The quantitative estimate of drug-likeness (QED) is 0.0440. The Morgan fingerprint density at radius 2 is 1.47 bits per heavy atom. The maximum Gasteiger partial charge on any atom is 0.333 e. The molecular weight excluding hydrogens is 1140 g/mol. The van der Waals surface area contributed by atoms with E-state index in [1.165, 1.54) is 31.1 Å². The Kier molecular flexibility index (Phi) is 18.1. The van der Waals surface area contributed by atoms with E-state index < -0.39 is 86.7 Å². The molecule has 0 radical (unpaired) electrons. The van der Waals surface area contributed by atoms with E-state index in [0.29, 0.717) is 32.7 Å². The van der Waals surface area contributed by atoms with Crippen LogP contribution in [0.3, 0.4) is 0 Å². The molecule has 6 heterocycles. The maximum atomic E-state index is 13.4. The second-order valence-electron chi connectivity index (χ2n) is 16.9. The molecule has 23 nitrogen and oxygen atoms in total. The molecule has 11 N–H and O–H groups in total. The van der Waals surface area contributed by atoms with Crippen molar-refractivity contribution in [2.24, 2.45) is 22.1 Å². The fourth-order valence-corrected chi connectivity index (χ4v) is 11.5. The van der Waals surface area contributed by atoms with Crippen molar-refractivity contribution in [3.63, 3.8) is 0 Å². The van der Waals surface area contributed by atoms with E-state index >= 15 is 0 Å². The van der Waals surface area contributed by atoms with Crippen LogP contribution < -0.4 is 20.9 Å². The molecule has 8 rings (SSSR count). The molecule has 390 valence electrons. The van der Waals surface area contributed by atoms with Gasteiger partial charge in [-0.1, -0.05) is 35.3 Å². The Morgan fingerprint density at radius 1 is 0.849 bits per heavy atom. The van der Waals surface area contributed by atoms with Gasteiger partial charge in [0.1, 0.15) is 51.9 Å². The molecule has 0 aliphatic heterocycles. The fourth-order valence-electron chi connectivity index (χ4n) is 8.01. The Bertz CT molecular complexity index is 3200. The highest BCUT2D eigenvalue weighted by Gasteiger charge is 2.43. The van der Waals surface area contributed by atoms with Gasteiger partial charge in [-0.3, -0.25) is 18.0 Å². The van der Waals surface area contributed by atoms with Crippen molar-refractivity contribution in [3.05, 3.63) is 136 Å². The van der Waals surface area contributed by atoms with E-state index in [0.717, 1.165) is 22.7 Å². The SMILES string of the molecule is CC(O)(c1csc(C(=O)c2cncnc2N[C@@H]2C[C@H](COS(N)(=O)=O)[C@@H](O)[C@H]2O)c1)c1cccc(Br)n1.NS(=O)(=O)OC[C@H]1C[C@@H](Nc2ncncc2C(=O)c2cc(C(O)c3cccc(Cl)n3)c(Cl)s2)C[C@@H]1O. The molecule has 6 aromatic rings. The fraction of sp³-hybridized carbons (Fsp3) is 0.349. The third kappa shape index (κ3) is 14.2. The number of ketones is 2. The lowest BCUT2D eigenvalue weighted by Crippen LogP contribution is -2.36. The molecule has 0 amide bonds. The number of carbonyl (C=O) groups is 2. The van der Waals surface area contributed by atoms with Gasteiger partial charge in [0.15, 0.2) is 0 Å². The third-order valence-electron chi connectivity index (χ3n) is 11.8. The number of aliphatic hydroxyl groups excluding tert-OH is 4. The molecule has 0 aromatic carbocycles. The van der Waals surface area contributed by atoms with E-state index in [4.69, 9.17) is 33.5 Å². The standard InChI is InChI=1S/C22H24BrN5O7S2.C21H21Cl2N5O6S2/c1-22(32,16-3-2-4-17(23)28-16)12-6-15(36-9-12)19(30)13-7-25-10-26-21(13)27-14-5-11(18(29)20(14)31)8-35-37(24,33)34;22-17-3-1-2-14(28-17)18(30)12-6-16(35-20(12)23)19(31)13-7-25-9-26-21(13)27-11-4-10(15(29)5-11)8-34-36(24,32)33/h2-4,6-7,9-11,14,18,20,29,31-32H,5,8H2,1H3,(H2,24,33,34)(H,25,26,27);1-3,6-7,9-11,15,18,29-30H,4-5,8H2,(H2,24,32,33)(H,25,26,27)/t11-,14-,18-,20+,22?;10-,11-,15+,18?/m11/s1. The van der Waals surface area contributed by atoms with Crippen molar-refractivity contribution in [1.82, 2.24) is 29.9 Å². The van der Waals surface area contributed by atoms with E-state index in [1.807, 2.05) is 0 Å². The van der Waals surface area contributed by atoms with Crippen LogP contribution in [0.2, 0.25) is 9.49 Å². The van der Waals surface area contributed by atoms with E-state index in [-0.39, 0.29) is 68.3 Å². The van der Waals surface area contributed by atoms with Crippen LogP contribution in [0.4, 0.5) is 11.6 Å². The Morgan fingerprint density at radius 3 is 2.10 bits per heavy atom. The lowest BCUT2D eigenvalue weighted by molar-refractivity contribution is 0.00778. The van der Waals surface area contributed by atoms with Gasteiger partial charge in [0.2, 0.25) is 11.6 Å². The first kappa shape index (κ1) is 56.1. The average molecular weight is 1190 g/mol. The summed E-state index contributed by atoms with van der Waals surface area (Å²) >= 11 is 17.7. The van der Waals surface area contributed by atoms with Gasteiger partial charge < -0.3 is 36.2 Å². The van der Waals surface area contributed by atoms with Crippen LogP contribution >= 0.6 is 61.8 Å². The highest BCUT2D eigenvalue weighted by molar-refractivity contribution is 9.10. The zero-order chi connectivity index (χ0) is 53.0. The molecule has 2 saturated carbocycles. The normalized spacial score (nSPS) is 22.2. The summed E-state index contributed by atoms with van der Waals surface area (Å²) in [6.45, 7) is 0.920. The molecule has 73 heavy (non-hydrogen) atoms. The number of thiophene rings is 2. The number of anilines is 2. The second-order valence-corrected chi connectivity index (χ2v) is 23.1. The molecule has 2 unspecified atom stereocenters. The summed E-state index contributed by atoms with van der Waals surface area (Å²) in [5.41, 5.74) is 0.294. The topological polar surface area (TPSA) is 375 Å². The molecule has 0 bridgehead atoms. The summed E-state index contributed by atoms with van der Waals surface area (Å²) in [4.78, 5) is 51.9. The summed E-state index contributed by atoms with van der Waals surface area (Å²) < 4.78 is 54.2. The van der Waals surface area contributed by atoms with Crippen molar-refractivity contribution >= 4 is 106 Å². The van der Waals surface area contributed by atoms with Gasteiger partial charge in [-0.25, -0.2) is 40.2 Å². The van der Waals surface area contributed by atoms with Crippen LogP contribution in [-0.2, 0) is 34.6 Å². The molecule has 0 spiro atoms. The van der Waals surface area contributed by atoms with Crippen LogP contribution in [0.15, 0.2) is 83.6 Å². The van der Waals surface area contributed by atoms with Crippen LogP contribution in [0.5, 0.6) is 0 Å². The summed E-state index contributed by atoms with van der Waals surface area (Å²) in [5, 5.41) is 70.6. The molecule has 2 fully saturated rings. The van der Waals surface area contributed by atoms with Crippen LogP contribution in [0.1, 0.15) is 85.3 Å². The van der Waals surface area contributed by atoms with Crippen molar-refractivity contribution in [3.8, 4) is 0 Å². The van der Waals surface area contributed by atoms with Gasteiger partial charge in [-0.15, -0.1) is 22.7 Å². The first-order valence-corrected chi connectivity index (χ1v) is 27.7. The van der Waals surface area contributed by atoms with Gasteiger partial charge in [-0.2, -0.15) is 16.8 Å². The highest BCUT2D eigenvalue weighted by atomic mass is 79.9. The minimum atomic E-state index is -4.21. The van der Waals surface area contributed by atoms with Gasteiger partial charge in [0, 0.05) is 41.4 Å².